The van der Waals surface area contributed by atoms with Gasteiger partial charge in [0.2, 0.25) is 0 Å². The number of hydrogen-bond acceptors (Lipinski definition) is 3. The highest BCUT2D eigenvalue weighted by molar-refractivity contribution is 5.93. The standard InChI is InChI=1S/C11H16N2O2/c1-3-11(12)6-13(7-11)10(14)9-8(2)4-5-15-9/h4-5H,3,6-7,12H2,1-2H3. The summed E-state index contributed by atoms with van der Waals surface area (Å²) in [6, 6.07) is 1.79. The maximum Gasteiger partial charge on any atom is 0.289 e. The first-order valence-corrected chi connectivity index (χ1v) is 5.18. The molecule has 1 aliphatic rings. The number of aryl methyl sites for hydroxylation is 1. The predicted molar refractivity (Wildman–Crippen MR) is 56.6 cm³/mol. The van der Waals surface area contributed by atoms with Crippen LogP contribution in [0.15, 0.2) is 16.7 Å². The molecule has 0 unspecified atom stereocenters. The number of furan rings is 1. The SMILES string of the molecule is CCC1(N)CN(C(=O)c2occc2C)C1. The van der Waals surface area contributed by atoms with Gasteiger partial charge in [0.15, 0.2) is 5.76 Å². The summed E-state index contributed by atoms with van der Waals surface area (Å²) in [6.07, 6.45) is 2.44. The van der Waals surface area contributed by atoms with Gasteiger partial charge in [-0.3, -0.25) is 4.79 Å². The van der Waals surface area contributed by atoms with Gasteiger partial charge in [0.05, 0.1) is 11.8 Å². The number of likely N-dealkylation sites (tertiary alicyclic amines) is 1. The van der Waals surface area contributed by atoms with Crippen molar-refractivity contribution in [3.63, 3.8) is 0 Å². The third kappa shape index (κ3) is 1.65. The summed E-state index contributed by atoms with van der Waals surface area (Å²) in [5.74, 6) is 0.389. The summed E-state index contributed by atoms with van der Waals surface area (Å²) in [4.78, 5) is 13.6. The first-order valence-electron chi connectivity index (χ1n) is 5.18. The maximum atomic E-state index is 11.9. The van der Waals surface area contributed by atoms with Gasteiger partial charge in [0.1, 0.15) is 0 Å². The van der Waals surface area contributed by atoms with E-state index in [9.17, 15) is 4.79 Å². The molecule has 0 spiro atoms. The number of hydrogen-bond donors (Lipinski definition) is 1. The summed E-state index contributed by atoms with van der Waals surface area (Å²) in [5.41, 5.74) is 6.69. The first kappa shape index (κ1) is 10.2. The van der Waals surface area contributed by atoms with E-state index in [2.05, 4.69) is 0 Å². The molecule has 0 aliphatic carbocycles. The fourth-order valence-corrected chi connectivity index (χ4v) is 1.82. The summed E-state index contributed by atoms with van der Waals surface area (Å²) < 4.78 is 5.15. The van der Waals surface area contributed by atoms with E-state index < -0.39 is 0 Å². The Morgan fingerprint density at radius 1 is 1.67 bits per heavy atom. The Labute approximate surface area is 89.0 Å². The lowest BCUT2D eigenvalue weighted by Gasteiger charge is -2.47. The van der Waals surface area contributed by atoms with Gasteiger partial charge in [-0.1, -0.05) is 6.92 Å². The van der Waals surface area contributed by atoms with Crippen LogP contribution in [-0.4, -0.2) is 29.4 Å². The fourth-order valence-electron chi connectivity index (χ4n) is 1.82. The van der Waals surface area contributed by atoms with E-state index in [-0.39, 0.29) is 11.4 Å². The van der Waals surface area contributed by atoms with Crippen LogP contribution in [0.5, 0.6) is 0 Å². The minimum atomic E-state index is -0.184. The molecule has 1 fully saturated rings. The lowest BCUT2D eigenvalue weighted by Crippen LogP contribution is -2.68. The van der Waals surface area contributed by atoms with Crippen molar-refractivity contribution in [2.75, 3.05) is 13.1 Å². The van der Waals surface area contributed by atoms with E-state index in [1.54, 1.807) is 11.0 Å². The van der Waals surface area contributed by atoms with E-state index in [0.29, 0.717) is 18.8 Å². The lowest BCUT2D eigenvalue weighted by molar-refractivity contribution is 0.0370. The summed E-state index contributed by atoms with van der Waals surface area (Å²) in [6.45, 7) is 5.16. The van der Waals surface area contributed by atoms with Gasteiger partial charge in [-0.15, -0.1) is 0 Å². The van der Waals surface area contributed by atoms with Gasteiger partial charge in [-0.05, 0) is 19.4 Å². The van der Waals surface area contributed by atoms with Gasteiger partial charge < -0.3 is 15.1 Å². The minimum absolute atomic E-state index is 0.0491. The van der Waals surface area contributed by atoms with Crippen molar-refractivity contribution >= 4 is 5.91 Å². The average Bonchev–Trinajstić information content (AvgIpc) is 2.58. The monoisotopic (exact) mass is 208 g/mol. The van der Waals surface area contributed by atoms with Gasteiger partial charge in [0.25, 0.3) is 5.91 Å². The number of carbonyl (C=O) groups excluding carboxylic acids is 1. The third-order valence-corrected chi connectivity index (χ3v) is 3.06. The van der Waals surface area contributed by atoms with Crippen molar-refractivity contribution in [1.29, 1.82) is 0 Å². The summed E-state index contributed by atoms with van der Waals surface area (Å²) >= 11 is 0. The van der Waals surface area contributed by atoms with Crippen molar-refractivity contribution in [3.8, 4) is 0 Å². The van der Waals surface area contributed by atoms with Crippen LogP contribution in [0.4, 0.5) is 0 Å². The molecule has 1 saturated heterocycles. The molecule has 2 heterocycles. The average molecular weight is 208 g/mol. The zero-order chi connectivity index (χ0) is 11.1. The second kappa shape index (κ2) is 3.38. The highest BCUT2D eigenvalue weighted by Crippen LogP contribution is 2.24. The van der Waals surface area contributed by atoms with Crippen molar-refractivity contribution in [2.45, 2.75) is 25.8 Å². The van der Waals surface area contributed by atoms with E-state index in [4.69, 9.17) is 10.2 Å². The zero-order valence-corrected chi connectivity index (χ0v) is 9.12. The normalized spacial score (nSPS) is 18.7. The Morgan fingerprint density at radius 2 is 2.33 bits per heavy atom. The zero-order valence-electron chi connectivity index (χ0n) is 9.12. The van der Waals surface area contributed by atoms with Gasteiger partial charge in [0, 0.05) is 18.7 Å². The number of carbonyl (C=O) groups is 1. The lowest BCUT2D eigenvalue weighted by atomic mass is 9.88. The highest BCUT2D eigenvalue weighted by atomic mass is 16.3. The maximum absolute atomic E-state index is 11.9. The molecule has 0 atom stereocenters. The van der Waals surface area contributed by atoms with E-state index in [0.717, 1.165) is 12.0 Å². The van der Waals surface area contributed by atoms with Crippen LogP contribution in [-0.2, 0) is 0 Å². The highest BCUT2D eigenvalue weighted by Gasteiger charge is 2.41. The minimum Gasteiger partial charge on any atom is -0.459 e. The molecule has 0 radical (unpaired) electrons. The Bertz CT molecular complexity index is 378. The predicted octanol–water partition coefficient (Wildman–Crippen LogP) is 1.15. The van der Waals surface area contributed by atoms with Crippen LogP contribution >= 0.6 is 0 Å². The quantitative estimate of drug-likeness (QED) is 0.793. The Kier molecular flexibility index (Phi) is 2.31. The van der Waals surface area contributed by atoms with Gasteiger partial charge >= 0.3 is 0 Å². The van der Waals surface area contributed by atoms with Crippen LogP contribution in [0.25, 0.3) is 0 Å². The number of rotatable bonds is 2. The van der Waals surface area contributed by atoms with Gasteiger partial charge in [-0.2, -0.15) is 0 Å². The molecule has 4 nitrogen and oxygen atoms in total. The summed E-state index contributed by atoms with van der Waals surface area (Å²) in [7, 11) is 0. The Balaban J connectivity index is 2.04. The molecule has 2 rings (SSSR count). The third-order valence-electron chi connectivity index (χ3n) is 3.06. The van der Waals surface area contributed by atoms with Crippen LogP contribution in [0.2, 0.25) is 0 Å². The largest absolute Gasteiger partial charge is 0.459 e. The van der Waals surface area contributed by atoms with Crippen molar-refractivity contribution in [1.82, 2.24) is 4.90 Å². The molecule has 1 aromatic rings. The molecular formula is C11H16N2O2. The van der Waals surface area contributed by atoms with E-state index in [1.807, 2.05) is 13.8 Å². The molecule has 1 aromatic heterocycles. The second-order valence-corrected chi connectivity index (χ2v) is 4.31. The molecule has 4 heteroatoms. The summed E-state index contributed by atoms with van der Waals surface area (Å²) in [5, 5.41) is 0. The van der Waals surface area contributed by atoms with Crippen LogP contribution in [0.1, 0.15) is 29.5 Å². The topological polar surface area (TPSA) is 59.5 Å². The van der Waals surface area contributed by atoms with Crippen LogP contribution in [0.3, 0.4) is 0 Å². The smallest absolute Gasteiger partial charge is 0.289 e. The molecule has 82 valence electrons. The molecule has 1 aliphatic heterocycles. The Hall–Kier alpha value is -1.29. The molecule has 0 bridgehead atoms. The molecule has 0 aromatic carbocycles. The van der Waals surface area contributed by atoms with Crippen LogP contribution < -0.4 is 5.73 Å². The first-order chi connectivity index (χ1) is 7.06. The van der Waals surface area contributed by atoms with Gasteiger partial charge in [-0.25, -0.2) is 0 Å². The Morgan fingerprint density at radius 3 is 2.80 bits per heavy atom. The number of amides is 1. The molecule has 0 saturated carbocycles. The fraction of sp³-hybridized carbons (Fsp3) is 0.545. The van der Waals surface area contributed by atoms with E-state index >= 15 is 0 Å². The van der Waals surface area contributed by atoms with Crippen molar-refractivity contribution in [3.05, 3.63) is 23.7 Å². The molecule has 2 N–H and O–H groups in total. The second-order valence-electron chi connectivity index (χ2n) is 4.31. The van der Waals surface area contributed by atoms with Crippen molar-refractivity contribution < 1.29 is 9.21 Å². The van der Waals surface area contributed by atoms with E-state index in [1.165, 1.54) is 6.26 Å². The number of nitrogens with zero attached hydrogens (tertiary/aromatic N) is 1. The molecule has 15 heavy (non-hydrogen) atoms. The number of nitrogens with two attached hydrogens (primary N) is 1. The molecular weight excluding hydrogens is 192 g/mol. The van der Waals surface area contributed by atoms with Crippen molar-refractivity contribution in [2.24, 2.45) is 5.73 Å². The molecule has 1 amide bonds. The van der Waals surface area contributed by atoms with Crippen LogP contribution in [0, 0.1) is 6.92 Å².